The molecule has 2 aliphatic rings. The molecule has 102 valence electrons. The molecule has 0 aromatic carbocycles. The van der Waals surface area contributed by atoms with Gasteiger partial charge in [-0.2, -0.15) is 0 Å². The average Bonchev–Trinajstić information content (AvgIpc) is 3.11. The van der Waals surface area contributed by atoms with E-state index in [2.05, 4.69) is 5.32 Å². The third-order valence-electron chi connectivity index (χ3n) is 4.09. The Labute approximate surface area is 108 Å². The van der Waals surface area contributed by atoms with Crippen LogP contribution in [0.25, 0.3) is 0 Å². The highest BCUT2D eigenvalue weighted by Crippen LogP contribution is 2.30. The Morgan fingerprint density at radius 3 is 2.67 bits per heavy atom. The van der Waals surface area contributed by atoms with Crippen LogP contribution in [0, 0.1) is 5.41 Å². The summed E-state index contributed by atoms with van der Waals surface area (Å²) in [7, 11) is 0. The van der Waals surface area contributed by atoms with Gasteiger partial charge in [0.15, 0.2) is 0 Å². The molecule has 2 N–H and O–H groups in total. The fraction of sp³-hybridized carbons (Fsp3) is 0.846. The monoisotopic (exact) mass is 254 g/mol. The first-order valence-electron chi connectivity index (χ1n) is 6.70. The van der Waals surface area contributed by atoms with Gasteiger partial charge in [-0.05, 0) is 46.1 Å². The molecule has 1 saturated heterocycles. The minimum atomic E-state index is -0.762. The molecule has 1 aliphatic carbocycles. The van der Waals surface area contributed by atoms with Gasteiger partial charge in [0.2, 0.25) is 5.91 Å². The van der Waals surface area contributed by atoms with Crippen LogP contribution in [0.4, 0.5) is 0 Å². The third-order valence-corrected chi connectivity index (χ3v) is 4.09. The Morgan fingerprint density at radius 2 is 2.11 bits per heavy atom. The molecular formula is C13H22N2O3. The second-order valence-corrected chi connectivity index (χ2v) is 5.90. The van der Waals surface area contributed by atoms with Gasteiger partial charge in [0.05, 0.1) is 11.5 Å². The van der Waals surface area contributed by atoms with E-state index in [1.165, 1.54) is 0 Å². The largest absolute Gasteiger partial charge is 0.481 e. The van der Waals surface area contributed by atoms with Crippen LogP contribution >= 0.6 is 0 Å². The fourth-order valence-electron chi connectivity index (χ4n) is 2.50. The number of aliphatic carboxylic acids is 1. The van der Waals surface area contributed by atoms with Crippen LogP contribution in [0.2, 0.25) is 0 Å². The molecule has 1 amide bonds. The van der Waals surface area contributed by atoms with Crippen molar-refractivity contribution in [3.63, 3.8) is 0 Å². The van der Waals surface area contributed by atoms with Crippen LogP contribution in [-0.4, -0.2) is 47.1 Å². The maximum atomic E-state index is 12.0. The normalized spacial score (nSPS) is 30.8. The quantitative estimate of drug-likeness (QED) is 0.780. The van der Waals surface area contributed by atoms with Gasteiger partial charge in [-0.25, -0.2) is 0 Å². The number of hydrogen-bond donors (Lipinski definition) is 2. The number of carboxylic acid groups (broad SMARTS) is 1. The smallest absolute Gasteiger partial charge is 0.310 e. The Kier molecular flexibility index (Phi) is 3.61. The number of likely N-dealkylation sites (tertiary alicyclic amines) is 1. The molecule has 0 aromatic heterocycles. The van der Waals surface area contributed by atoms with E-state index in [-0.39, 0.29) is 11.9 Å². The minimum Gasteiger partial charge on any atom is -0.481 e. The first-order chi connectivity index (χ1) is 8.42. The summed E-state index contributed by atoms with van der Waals surface area (Å²) in [5.74, 6) is -0.728. The van der Waals surface area contributed by atoms with E-state index in [1.54, 1.807) is 6.92 Å². The molecule has 5 nitrogen and oxygen atoms in total. The van der Waals surface area contributed by atoms with E-state index >= 15 is 0 Å². The number of nitrogens with zero attached hydrogens (tertiary/aromatic N) is 1. The van der Waals surface area contributed by atoms with Gasteiger partial charge in [0, 0.05) is 12.6 Å². The van der Waals surface area contributed by atoms with E-state index in [1.807, 2.05) is 11.8 Å². The van der Waals surface area contributed by atoms with Crippen molar-refractivity contribution in [1.29, 1.82) is 0 Å². The molecule has 2 rings (SSSR count). The van der Waals surface area contributed by atoms with Crippen LogP contribution in [0.3, 0.4) is 0 Å². The highest BCUT2D eigenvalue weighted by molar-refractivity contribution is 5.82. The molecular weight excluding hydrogens is 232 g/mol. The Morgan fingerprint density at radius 1 is 1.44 bits per heavy atom. The maximum Gasteiger partial charge on any atom is 0.310 e. The van der Waals surface area contributed by atoms with Crippen molar-refractivity contribution in [1.82, 2.24) is 10.2 Å². The van der Waals surface area contributed by atoms with Crippen LogP contribution < -0.4 is 5.32 Å². The van der Waals surface area contributed by atoms with E-state index in [9.17, 15) is 14.7 Å². The molecule has 2 unspecified atom stereocenters. The molecule has 2 fully saturated rings. The third kappa shape index (κ3) is 2.83. The van der Waals surface area contributed by atoms with E-state index < -0.39 is 11.4 Å². The molecule has 1 aliphatic heterocycles. The summed E-state index contributed by atoms with van der Waals surface area (Å²) in [5, 5.41) is 12.2. The first-order valence-corrected chi connectivity index (χ1v) is 6.70. The van der Waals surface area contributed by atoms with Crippen LogP contribution in [0.1, 0.15) is 39.5 Å². The van der Waals surface area contributed by atoms with E-state index in [0.29, 0.717) is 19.0 Å². The molecule has 5 heteroatoms. The average molecular weight is 254 g/mol. The number of piperidine rings is 1. The Bertz CT molecular complexity index is 354. The number of carboxylic acids is 1. The summed E-state index contributed by atoms with van der Waals surface area (Å²) in [6.45, 7) is 4.90. The second kappa shape index (κ2) is 4.88. The zero-order valence-electron chi connectivity index (χ0n) is 11.1. The summed E-state index contributed by atoms with van der Waals surface area (Å²) in [6.07, 6.45) is 3.68. The molecule has 2 atom stereocenters. The van der Waals surface area contributed by atoms with Crippen molar-refractivity contribution in [2.45, 2.75) is 51.6 Å². The van der Waals surface area contributed by atoms with Gasteiger partial charge < -0.3 is 10.4 Å². The lowest BCUT2D eigenvalue weighted by Gasteiger charge is -2.40. The number of hydrogen-bond acceptors (Lipinski definition) is 3. The molecule has 1 heterocycles. The standard InChI is InChI=1S/C13H22N2O3/c1-9(11(16)14-10-4-5-10)15-7-3-6-13(2,8-15)12(17)18/h9-10H,3-8H2,1-2H3,(H,14,16)(H,17,18). The lowest BCUT2D eigenvalue weighted by atomic mass is 9.81. The SMILES string of the molecule is CC(C(=O)NC1CC1)N1CCCC(C)(C(=O)O)C1. The lowest BCUT2D eigenvalue weighted by molar-refractivity contribution is -0.152. The van der Waals surface area contributed by atoms with E-state index in [4.69, 9.17) is 0 Å². The predicted molar refractivity (Wildman–Crippen MR) is 67.2 cm³/mol. The van der Waals surface area contributed by atoms with Crippen molar-refractivity contribution < 1.29 is 14.7 Å². The molecule has 0 radical (unpaired) electrons. The first kappa shape index (κ1) is 13.3. The van der Waals surface area contributed by atoms with Crippen LogP contribution in [0.15, 0.2) is 0 Å². The van der Waals surface area contributed by atoms with Crippen molar-refractivity contribution in [3.05, 3.63) is 0 Å². The molecule has 0 spiro atoms. The van der Waals surface area contributed by atoms with Crippen molar-refractivity contribution in [3.8, 4) is 0 Å². The van der Waals surface area contributed by atoms with Gasteiger partial charge in [0.25, 0.3) is 0 Å². The van der Waals surface area contributed by atoms with Crippen molar-refractivity contribution in [2.24, 2.45) is 5.41 Å². The molecule has 1 saturated carbocycles. The number of rotatable bonds is 4. The molecule has 0 bridgehead atoms. The Hall–Kier alpha value is -1.10. The number of carbonyl (C=O) groups is 2. The maximum absolute atomic E-state index is 12.0. The molecule has 18 heavy (non-hydrogen) atoms. The summed E-state index contributed by atoms with van der Waals surface area (Å²) in [5.41, 5.74) is -0.716. The van der Waals surface area contributed by atoms with Gasteiger partial charge in [0.1, 0.15) is 0 Å². The van der Waals surface area contributed by atoms with Crippen molar-refractivity contribution >= 4 is 11.9 Å². The predicted octanol–water partition coefficient (Wildman–Crippen LogP) is 0.840. The summed E-state index contributed by atoms with van der Waals surface area (Å²) >= 11 is 0. The zero-order valence-corrected chi connectivity index (χ0v) is 11.1. The van der Waals surface area contributed by atoms with Gasteiger partial charge in [-0.1, -0.05) is 0 Å². The Balaban J connectivity index is 1.94. The number of amides is 1. The second-order valence-electron chi connectivity index (χ2n) is 5.90. The van der Waals surface area contributed by atoms with Gasteiger partial charge in [-0.15, -0.1) is 0 Å². The zero-order chi connectivity index (χ0) is 13.3. The lowest BCUT2D eigenvalue weighted by Crippen LogP contribution is -2.53. The van der Waals surface area contributed by atoms with Gasteiger partial charge >= 0.3 is 5.97 Å². The summed E-state index contributed by atoms with van der Waals surface area (Å²) in [4.78, 5) is 25.2. The number of carbonyl (C=O) groups excluding carboxylic acids is 1. The highest BCUT2D eigenvalue weighted by Gasteiger charge is 2.40. The van der Waals surface area contributed by atoms with E-state index in [0.717, 1.165) is 25.8 Å². The minimum absolute atomic E-state index is 0.0344. The van der Waals surface area contributed by atoms with Gasteiger partial charge in [-0.3, -0.25) is 14.5 Å². The topological polar surface area (TPSA) is 69.6 Å². The molecule has 0 aromatic rings. The summed E-state index contributed by atoms with van der Waals surface area (Å²) < 4.78 is 0. The highest BCUT2D eigenvalue weighted by atomic mass is 16.4. The van der Waals surface area contributed by atoms with Crippen LogP contribution in [-0.2, 0) is 9.59 Å². The number of nitrogens with one attached hydrogen (secondary N) is 1. The fourth-order valence-corrected chi connectivity index (χ4v) is 2.50. The van der Waals surface area contributed by atoms with Crippen molar-refractivity contribution in [2.75, 3.05) is 13.1 Å². The summed E-state index contributed by atoms with van der Waals surface area (Å²) in [6, 6.07) is 0.125. The van der Waals surface area contributed by atoms with Crippen LogP contribution in [0.5, 0.6) is 0 Å².